The lowest BCUT2D eigenvalue weighted by Crippen LogP contribution is -2.40. The lowest BCUT2D eigenvalue weighted by molar-refractivity contribution is -0.120. The quantitative estimate of drug-likeness (QED) is 0.426. The molecule has 5 nitrogen and oxygen atoms in total. The van der Waals surface area contributed by atoms with Gasteiger partial charge >= 0.3 is 0 Å². The summed E-state index contributed by atoms with van der Waals surface area (Å²) in [6.07, 6.45) is 0. The number of carbonyl (C=O) groups is 2. The third kappa shape index (κ3) is 3.37. The van der Waals surface area contributed by atoms with Crippen LogP contribution in [0.4, 0.5) is 0 Å². The van der Waals surface area contributed by atoms with Gasteiger partial charge in [-0.3, -0.25) is 15.0 Å². The average molecular weight is 262 g/mol. The molecule has 0 unspecified atom stereocenters. The third-order valence-electron chi connectivity index (χ3n) is 1.74. The van der Waals surface area contributed by atoms with Crippen LogP contribution in [0.3, 0.4) is 0 Å². The molecular weight excluding hydrogens is 253 g/mol. The smallest absolute Gasteiger partial charge is 0.253 e. The highest BCUT2D eigenvalue weighted by molar-refractivity contribution is 6.35. The minimum absolute atomic E-state index is 0.207. The van der Waals surface area contributed by atoms with E-state index in [1.54, 1.807) is 6.07 Å². The lowest BCUT2D eigenvalue weighted by atomic mass is 10.2. The largest absolute Gasteiger partial charge is 0.343 e. The maximum atomic E-state index is 11.6. The number of nitrogens with two attached hydrogens (primary N) is 1. The fraction of sp³-hybridized carbons (Fsp3) is 0.111. The molecule has 1 rings (SSSR count). The van der Waals surface area contributed by atoms with Gasteiger partial charge in [-0.25, -0.2) is 5.84 Å². The number of carbonyl (C=O) groups excluding carboxylic acids is 2. The van der Waals surface area contributed by atoms with Crippen LogP contribution in [0, 0.1) is 0 Å². The van der Waals surface area contributed by atoms with Crippen LogP contribution in [0.2, 0.25) is 10.0 Å². The molecule has 0 bridgehead atoms. The second-order valence-electron chi connectivity index (χ2n) is 2.87. The molecule has 0 aliphatic carbocycles. The van der Waals surface area contributed by atoms with Crippen molar-refractivity contribution in [2.75, 3.05) is 6.54 Å². The first-order chi connectivity index (χ1) is 7.54. The molecular formula is C9H9Cl2N3O2. The molecule has 0 fully saturated rings. The second-order valence-corrected chi connectivity index (χ2v) is 3.72. The van der Waals surface area contributed by atoms with Crippen molar-refractivity contribution in [3.05, 3.63) is 33.8 Å². The van der Waals surface area contributed by atoms with Crippen molar-refractivity contribution in [3.8, 4) is 0 Å². The summed E-state index contributed by atoms with van der Waals surface area (Å²) in [4.78, 5) is 22.4. The van der Waals surface area contributed by atoms with E-state index in [9.17, 15) is 9.59 Å². The Balaban J connectivity index is 2.73. The Kier molecular flexibility index (Phi) is 4.54. The van der Waals surface area contributed by atoms with Crippen LogP contribution in [0.5, 0.6) is 0 Å². The lowest BCUT2D eigenvalue weighted by Gasteiger charge is -2.06. The fourth-order valence-corrected chi connectivity index (χ4v) is 1.35. The van der Waals surface area contributed by atoms with Crippen molar-refractivity contribution in [3.63, 3.8) is 0 Å². The van der Waals surface area contributed by atoms with E-state index in [0.29, 0.717) is 5.02 Å². The standard InChI is InChI=1S/C9H9Cl2N3O2/c10-5-1-2-7(11)6(3-5)9(16)13-4-8(15)14-12/h1-3H,4,12H2,(H,13,16)(H,14,15). The van der Waals surface area contributed by atoms with E-state index < -0.39 is 11.8 Å². The SMILES string of the molecule is NNC(=O)CNC(=O)c1cc(Cl)ccc1Cl. The zero-order valence-corrected chi connectivity index (χ0v) is 9.60. The molecule has 0 heterocycles. The fourth-order valence-electron chi connectivity index (χ4n) is 0.978. The van der Waals surface area contributed by atoms with E-state index in [-0.39, 0.29) is 17.1 Å². The Morgan fingerprint density at radius 2 is 2.00 bits per heavy atom. The summed E-state index contributed by atoms with van der Waals surface area (Å²) >= 11 is 11.5. The maximum absolute atomic E-state index is 11.6. The Labute approximate surface area is 102 Å². The van der Waals surface area contributed by atoms with Gasteiger partial charge in [-0.15, -0.1) is 0 Å². The Hall–Kier alpha value is -1.30. The van der Waals surface area contributed by atoms with Crippen molar-refractivity contribution in [1.82, 2.24) is 10.7 Å². The van der Waals surface area contributed by atoms with Gasteiger partial charge in [0.2, 0.25) is 0 Å². The third-order valence-corrected chi connectivity index (χ3v) is 2.31. The van der Waals surface area contributed by atoms with Gasteiger partial charge < -0.3 is 5.32 Å². The molecule has 4 N–H and O–H groups in total. The Morgan fingerprint density at radius 3 is 2.62 bits per heavy atom. The molecule has 0 saturated heterocycles. The van der Waals surface area contributed by atoms with Crippen molar-refractivity contribution < 1.29 is 9.59 Å². The van der Waals surface area contributed by atoms with E-state index in [0.717, 1.165) is 0 Å². The van der Waals surface area contributed by atoms with Crippen LogP contribution in [0.1, 0.15) is 10.4 Å². The molecule has 0 spiro atoms. The van der Waals surface area contributed by atoms with Crippen LogP contribution >= 0.6 is 23.2 Å². The number of hydrazine groups is 1. The highest BCUT2D eigenvalue weighted by Gasteiger charge is 2.11. The van der Waals surface area contributed by atoms with Gasteiger partial charge in [0, 0.05) is 5.02 Å². The highest BCUT2D eigenvalue weighted by Crippen LogP contribution is 2.20. The van der Waals surface area contributed by atoms with Crippen LogP contribution < -0.4 is 16.6 Å². The monoisotopic (exact) mass is 261 g/mol. The van der Waals surface area contributed by atoms with E-state index in [2.05, 4.69) is 5.32 Å². The minimum atomic E-state index is -0.508. The predicted molar refractivity (Wildman–Crippen MR) is 61.1 cm³/mol. The summed E-state index contributed by atoms with van der Waals surface area (Å²) in [5.41, 5.74) is 2.09. The Morgan fingerprint density at radius 1 is 1.31 bits per heavy atom. The topological polar surface area (TPSA) is 84.2 Å². The van der Waals surface area contributed by atoms with Gasteiger partial charge in [0.05, 0.1) is 17.1 Å². The first-order valence-corrected chi connectivity index (χ1v) is 5.03. The van der Waals surface area contributed by atoms with Crippen LogP contribution in [-0.4, -0.2) is 18.4 Å². The van der Waals surface area contributed by atoms with E-state index in [1.807, 2.05) is 5.43 Å². The zero-order valence-electron chi connectivity index (χ0n) is 8.09. The zero-order chi connectivity index (χ0) is 12.1. The number of rotatable bonds is 3. The number of amides is 2. The van der Waals surface area contributed by atoms with Crippen molar-refractivity contribution in [2.45, 2.75) is 0 Å². The Bertz CT molecular complexity index is 423. The normalized spacial score (nSPS) is 9.69. The molecule has 7 heteroatoms. The molecule has 0 radical (unpaired) electrons. The summed E-state index contributed by atoms with van der Waals surface area (Å²) in [5, 5.41) is 2.99. The number of nitrogens with one attached hydrogen (secondary N) is 2. The summed E-state index contributed by atoms with van der Waals surface area (Å²) in [6, 6.07) is 4.48. The molecule has 86 valence electrons. The van der Waals surface area contributed by atoms with Gasteiger partial charge in [-0.05, 0) is 18.2 Å². The van der Waals surface area contributed by atoms with Crippen LogP contribution in [0.15, 0.2) is 18.2 Å². The second kappa shape index (κ2) is 5.69. The summed E-state index contributed by atoms with van der Waals surface area (Å²) < 4.78 is 0. The summed E-state index contributed by atoms with van der Waals surface area (Å²) in [5.74, 6) is 3.86. The van der Waals surface area contributed by atoms with E-state index >= 15 is 0 Å². The van der Waals surface area contributed by atoms with Gasteiger partial charge in [-0.2, -0.15) is 0 Å². The van der Waals surface area contributed by atoms with E-state index in [4.69, 9.17) is 29.0 Å². The van der Waals surface area contributed by atoms with Gasteiger partial charge in [0.1, 0.15) is 0 Å². The number of halogens is 2. The molecule has 0 aromatic heterocycles. The molecule has 1 aromatic rings. The van der Waals surface area contributed by atoms with Gasteiger partial charge in [0.15, 0.2) is 0 Å². The molecule has 0 saturated carbocycles. The molecule has 0 aliphatic rings. The predicted octanol–water partition coefficient (Wildman–Crippen LogP) is 0.713. The molecule has 1 aromatic carbocycles. The van der Waals surface area contributed by atoms with Crippen molar-refractivity contribution in [2.24, 2.45) is 5.84 Å². The molecule has 16 heavy (non-hydrogen) atoms. The van der Waals surface area contributed by atoms with Gasteiger partial charge in [0.25, 0.3) is 11.8 Å². The molecule has 2 amide bonds. The first-order valence-electron chi connectivity index (χ1n) is 4.27. The summed E-state index contributed by atoms with van der Waals surface area (Å²) in [6.45, 7) is -0.224. The average Bonchev–Trinajstić information content (AvgIpc) is 2.28. The molecule has 0 atom stereocenters. The van der Waals surface area contributed by atoms with E-state index in [1.165, 1.54) is 12.1 Å². The number of hydrogen-bond acceptors (Lipinski definition) is 3. The van der Waals surface area contributed by atoms with Crippen molar-refractivity contribution >= 4 is 35.0 Å². The van der Waals surface area contributed by atoms with Gasteiger partial charge in [-0.1, -0.05) is 23.2 Å². The minimum Gasteiger partial charge on any atom is -0.343 e. The van der Waals surface area contributed by atoms with Crippen molar-refractivity contribution in [1.29, 1.82) is 0 Å². The number of hydrogen-bond donors (Lipinski definition) is 3. The first kappa shape index (κ1) is 12.8. The van der Waals surface area contributed by atoms with Crippen LogP contribution in [-0.2, 0) is 4.79 Å². The number of benzene rings is 1. The maximum Gasteiger partial charge on any atom is 0.253 e. The molecule has 0 aliphatic heterocycles. The summed E-state index contributed by atoms with van der Waals surface area (Å²) in [7, 11) is 0. The highest BCUT2D eigenvalue weighted by atomic mass is 35.5. The van der Waals surface area contributed by atoms with Crippen LogP contribution in [0.25, 0.3) is 0 Å².